The fourth-order valence-corrected chi connectivity index (χ4v) is 5.68. The van der Waals surface area contributed by atoms with Crippen LogP contribution in [0.15, 0.2) is 30.7 Å². The number of nitrogens with zero attached hydrogens (tertiary/aromatic N) is 5. The molecule has 1 aromatic carbocycles. The van der Waals surface area contributed by atoms with Crippen molar-refractivity contribution in [2.24, 2.45) is 5.92 Å². The molecular weight excluding hydrogens is 497 g/mol. The monoisotopic (exact) mass is 521 g/mol. The number of nitrogens with one attached hydrogen (secondary N) is 1. The van der Waals surface area contributed by atoms with Gasteiger partial charge in [-0.2, -0.15) is 0 Å². The molecule has 0 radical (unpaired) electrons. The lowest BCUT2D eigenvalue weighted by atomic mass is 9.77. The van der Waals surface area contributed by atoms with E-state index < -0.39 is 27.9 Å². The first-order valence-corrected chi connectivity index (χ1v) is 12.6. The van der Waals surface area contributed by atoms with Gasteiger partial charge in [0.05, 0.1) is 11.3 Å². The van der Waals surface area contributed by atoms with Gasteiger partial charge in [0, 0.05) is 18.6 Å². The molecule has 2 aliphatic rings. The van der Waals surface area contributed by atoms with Crippen LogP contribution in [-0.2, 0) is 16.6 Å². The van der Waals surface area contributed by atoms with Crippen LogP contribution in [-0.4, -0.2) is 35.4 Å². The van der Waals surface area contributed by atoms with Crippen molar-refractivity contribution in [2.45, 2.75) is 50.9 Å². The normalized spacial score (nSPS) is 19.8. The Bertz CT molecular complexity index is 1540. The molecule has 0 spiro atoms. The minimum atomic E-state index is -1.44. The predicted molar refractivity (Wildman–Crippen MR) is 137 cm³/mol. The number of imidazole rings is 1. The van der Waals surface area contributed by atoms with Crippen LogP contribution in [0, 0.1) is 11.7 Å². The van der Waals surface area contributed by atoms with Gasteiger partial charge in [0.2, 0.25) is 5.91 Å². The van der Waals surface area contributed by atoms with Crippen LogP contribution in [0.1, 0.15) is 55.8 Å². The summed E-state index contributed by atoms with van der Waals surface area (Å²) in [7, 11) is 0. The summed E-state index contributed by atoms with van der Waals surface area (Å²) in [6.07, 6.45) is 12.3. The maximum atomic E-state index is 14.4. The van der Waals surface area contributed by atoms with Crippen LogP contribution < -0.4 is 11.1 Å². The van der Waals surface area contributed by atoms with Crippen molar-refractivity contribution in [3.63, 3.8) is 0 Å². The molecule has 3 aromatic heterocycles. The third kappa shape index (κ3) is 3.78. The Balaban J connectivity index is 1.44. The molecule has 1 amide bonds. The molecule has 1 aliphatic carbocycles. The summed E-state index contributed by atoms with van der Waals surface area (Å²) >= 11 is 5.78. The molecule has 1 aliphatic heterocycles. The zero-order valence-electron chi connectivity index (χ0n) is 20.1. The molecule has 1 saturated carbocycles. The SMILES string of the molecule is C[C@]1(c2cc(O)c(Cl)c(F)c2)C(=O)Nc2nc(-c3cn4ccnc4c(CC4CCCCC4)n3)nc(N)c21. The molecule has 4 heterocycles. The van der Waals surface area contributed by atoms with Gasteiger partial charge in [-0.05, 0) is 37.0 Å². The molecule has 0 unspecified atom stereocenters. The van der Waals surface area contributed by atoms with Crippen molar-refractivity contribution in [3.05, 3.63) is 58.4 Å². The van der Waals surface area contributed by atoms with E-state index in [2.05, 4.69) is 20.3 Å². The molecule has 1 fully saturated rings. The van der Waals surface area contributed by atoms with E-state index in [1.807, 2.05) is 10.6 Å². The van der Waals surface area contributed by atoms with Crippen LogP contribution in [0.4, 0.5) is 16.0 Å². The molecule has 4 N–H and O–H groups in total. The molecule has 9 nitrogen and oxygen atoms in total. The molecule has 6 rings (SSSR count). The summed E-state index contributed by atoms with van der Waals surface area (Å²) < 4.78 is 16.3. The van der Waals surface area contributed by atoms with Crippen molar-refractivity contribution >= 4 is 34.8 Å². The maximum Gasteiger partial charge on any atom is 0.240 e. The molecule has 0 saturated heterocycles. The first-order valence-electron chi connectivity index (χ1n) is 12.3. The lowest BCUT2D eigenvalue weighted by Crippen LogP contribution is -2.33. The van der Waals surface area contributed by atoms with Crippen LogP contribution in [0.3, 0.4) is 0 Å². The van der Waals surface area contributed by atoms with E-state index >= 15 is 0 Å². The second kappa shape index (κ2) is 8.65. The first-order chi connectivity index (χ1) is 17.8. The Labute approximate surface area is 216 Å². The number of carbonyl (C=O) groups is 1. The van der Waals surface area contributed by atoms with E-state index in [9.17, 15) is 14.3 Å². The fourth-order valence-electron chi connectivity index (χ4n) is 5.57. The molecule has 1 atom stereocenters. The van der Waals surface area contributed by atoms with Crippen molar-refractivity contribution in [2.75, 3.05) is 11.1 Å². The van der Waals surface area contributed by atoms with Gasteiger partial charge in [0.1, 0.15) is 39.3 Å². The smallest absolute Gasteiger partial charge is 0.240 e. The number of fused-ring (bicyclic) bond motifs is 2. The zero-order valence-corrected chi connectivity index (χ0v) is 20.9. The highest BCUT2D eigenvalue weighted by atomic mass is 35.5. The Hall–Kier alpha value is -3.79. The Morgan fingerprint density at radius 1 is 1.24 bits per heavy atom. The van der Waals surface area contributed by atoms with E-state index in [1.165, 1.54) is 38.2 Å². The standard InChI is InChI=1S/C26H25ClFN7O2/c1-26(14-10-15(28)20(27)18(36)11-14)19-21(29)32-22(33-23(19)34-25(26)37)17-12-35-8-7-30-24(35)16(31-17)9-13-5-3-2-4-6-13/h7-8,10-13,36H,2-6,9H2,1H3,(H3,29,32,33,34,37)/t26-/m1/s1. The minimum Gasteiger partial charge on any atom is -0.506 e. The highest BCUT2D eigenvalue weighted by Crippen LogP contribution is 2.46. The highest BCUT2D eigenvalue weighted by molar-refractivity contribution is 6.32. The third-order valence-electron chi connectivity index (χ3n) is 7.59. The lowest BCUT2D eigenvalue weighted by molar-refractivity contribution is -0.119. The van der Waals surface area contributed by atoms with Crippen LogP contribution in [0.25, 0.3) is 17.2 Å². The average Bonchev–Trinajstić information content (AvgIpc) is 3.46. The number of anilines is 2. The number of carbonyl (C=O) groups excluding carboxylic acids is 1. The number of aromatic nitrogens is 5. The van der Waals surface area contributed by atoms with Crippen molar-refractivity contribution in [1.82, 2.24) is 24.3 Å². The van der Waals surface area contributed by atoms with Gasteiger partial charge in [0.15, 0.2) is 11.5 Å². The molecule has 4 aromatic rings. The molecule has 0 bridgehead atoms. The van der Waals surface area contributed by atoms with E-state index in [0.717, 1.165) is 23.8 Å². The average molecular weight is 522 g/mol. The second-order valence-electron chi connectivity index (χ2n) is 9.97. The summed E-state index contributed by atoms with van der Waals surface area (Å²) in [5, 5.41) is 12.4. The van der Waals surface area contributed by atoms with Gasteiger partial charge < -0.3 is 20.6 Å². The Morgan fingerprint density at radius 3 is 2.78 bits per heavy atom. The largest absolute Gasteiger partial charge is 0.506 e. The number of hydrogen-bond donors (Lipinski definition) is 3. The van der Waals surface area contributed by atoms with Gasteiger partial charge in [-0.3, -0.25) is 4.79 Å². The number of halogens is 2. The van der Waals surface area contributed by atoms with Crippen molar-refractivity contribution in [3.8, 4) is 17.3 Å². The fraction of sp³-hybridized carbons (Fsp3) is 0.346. The van der Waals surface area contributed by atoms with Gasteiger partial charge in [0.25, 0.3) is 0 Å². The number of rotatable bonds is 4. The third-order valence-corrected chi connectivity index (χ3v) is 7.96. The van der Waals surface area contributed by atoms with Gasteiger partial charge in [-0.25, -0.2) is 24.3 Å². The zero-order chi connectivity index (χ0) is 25.9. The number of phenols is 1. The maximum absolute atomic E-state index is 14.4. The number of nitrogens with two attached hydrogens (primary N) is 1. The van der Waals surface area contributed by atoms with Gasteiger partial charge in [-0.15, -0.1) is 0 Å². The van der Waals surface area contributed by atoms with Crippen molar-refractivity contribution in [1.29, 1.82) is 0 Å². The number of amides is 1. The number of nitrogen functional groups attached to an aromatic ring is 1. The van der Waals surface area contributed by atoms with E-state index in [-0.39, 0.29) is 23.0 Å². The van der Waals surface area contributed by atoms with Crippen LogP contribution in [0.2, 0.25) is 5.02 Å². The molecular formula is C26H25ClFN7O2. The van der Waals surface area contributed by atoms with E-state index in [0.29, 0.717) is 17.2 Å². The van der Waals surface area contributed by atoms with Crippen LogP contribution in [0.5, 0.6) is 5.75 Å². The van der Waals surface area contributed by atoms with Gasteiger partial charge in [-0.1, -0.05) is 43.7 Å². The summed E-state index contributed by atoms with van der Waals surface area (Å²) in [5.41, 5.74) is 7.62. The summed E-state index contributed by atoms with van der Waals surface area (Å²) in [6, 6.07) is 2.36. The summed E-state index contributed by atoms with van der Waals surface area (Å²) in [5.74, 6) is -0.719. The number of benzene rings is 1. The number of phenolic OH excluding ortho intramolecular Hbond substituents is 1. The van der Waals surface area contributed by atoms with E-state index in [4.69, 9.17) is 22.3 Å². The Kier molecular flexibility index (Phi) is 5.52. The predicted octanol–water partition coefficient (Wildman–Crippen LogP) is 4.65. The topological polar surface area (TPSA) is 131 Å². The molecule has 11 heteroatoms. The molecule has 190 valence electrons. The van der Waals surface area contributed by atoms with Gasteiger partial charge >= 0.3 is 0 Å². The first kappa shape index (κ1) is 23.6. The number of hydrogen-bond acceptors (Lipinski definition) is 7. The quantitative estimate of drug-likeness (QED) is 0.356. The van der Waals surface area contributed by atoms with Crippen molar-refractivity contribution < 1.29 is 14.3 Å². The second-order valence-corrected chi connectivity index (χ2v) is 10.3. The Morgan fingerprint density at radius 2 is 2.03 bits per heavy atom. The number of aromatic hydroxyl groups is 1. The van der Waals surface area contributed by atoms with Crippen LogP contribution >= 0.6 is 11.6 Å². The summed E-state index contributed by atoms with van der Waals surface area (Å²) in [4.78, 5) is 31.7. The lowest BCUT2D eigenvalue weighted by Gasteiger charge is -2.24. The minimum absolute atomic E-state index is 0.0528. The molecule has 37 heavy (non-hydrogen) atoms. The summed E-state index contributed by atoms with van der Waals surface area (Å²) in [6.45, 7) is 1.58. The van der Waals surface area contributed by atoms with E-state index in [1.54, 1.807) is 19.3 Å². The highest BCUT2D eigenvalue weighted by Gasteiger charge is 2.48.